The quantitative estimate of drug-likeness (QED) is 0.601. The summed E-state index contributed by atoms with van der Waals surface area (Å²) in [5, 5.41) is 2.07. The van der Waals surface area contributed by atoms with Gasteiger partial charge in [-0.05, 0) is 54.0 Å². The number of carbonyl (C=O) groups is 2. The van der Waals surface area contributed by atoms with Gasteiger partial charge in [0.2, 0.25) is 5.91 Å². The fraction of sp³-hybridized carbons (Fsp3) is 0.320. The Morgan fingerprint density at radius 1 is 1.13 bits per heavy atom. The topological polar surface area (TPSA) is 53.5 Å². The summed E-state index contributed by atoms with van der Waals surface area (Å²) in [6.07, 6.45) is 5.45. The SMILES string of the molecule is CN(C)C(=O)[C@@]1(Cc2cccc(-c3cccs3)c2)CCCN(C(=O)c2ccncc2)C1. The molecule has 1 fully saturated rings. The summed E-state index contributed by atoms with van der Waals surface area (Å²) in [7, 11) is 3.60. The van der Waals surface area contributed by atoms with Crippen LogP contribution in [0, 0.1) is 5.41 Å². The number of benzene rings is 1. The Morgan fingerprint density at radius 3 is 2.65 bits per heavy atom. The fourth-order valence-corrected chi connectivity index (χ4v) is 5.24. The Balaban J connectivity index is 1.64. The molecule has 3 aromatic rings. The fourth-order valence-electron chi connectivity index (χ4n) is 4.52. The number of nitrogens with zero attached hydrogens (tertiary/aromatic N) is 3. The monoisotopic (exact) mass is 433 g/mol. The molecule has 4 rings (SSSR count). The Kier molecular flexibility index (Phi) is 6.18. The van der Waals surface area contributed by atoms with E-state index in [0.29, 0.717) is 25.1 Å². The van der Waals surface area contributed by atoms with Gasteiger partial charge >= 0.3 is 0 Å². The van der Waals surface area contributed by atoms with Crippen LogP contribution in [0.25, 0.3) is 10.4 Å². The molecular formula is C25H27N3O2S. The summed E-state index contributed by atoms with van der Waals surface area (Å²) >= 11 is 1.71. The van der Waals surface area contributed by atoms with Crippen molar-refractivity contribution in [3.63, 3.8) is 0 Å². The van der Waals surface area contributed by atoms with Crippen molar-refractivity contribution >= 4 is 23.2 Å². The smallest absolute Gasteiger partial charge is 0.253 e. The molecule has 1 aromatic carbocycles. The van der Waals surface area contributed by atoms with Crippen LogP contribution < -0.4 is 0 Å². The summed E-state index contributed by atoms with van der Waals surface area (Å²) in [5.41, 5.74) is 2.28. The summed E-state index contributed by atoms with van der Waals surface area (Å²) in [4.78, 5) is 35.3. The first-order valence-electron chi connectivity index (χ1n) is 10.5. The maximum absolute atomic E-state index is 13.4. The summed E-state index contributed by atoms with van der Waals surface area (Å²) in [5.74, 6) is 0.0478. The number of amides is 2. The molecule has 2 aromatic heterocycles. The van der Waals surface area contributed by atoms with Crippen molar-refractivity contribution in [1.82, 2.24) is 14.8 Å². The van der Waals surface area contributed by atoms with Gasteiger partial charge in [0.25, 0.3) is 5.91 Å². The first-order chi connectivity index (χ1) is 15.0. The molecule has 160 valence electrons. The van der Waals surface area contributed by atoms with E-state index in [1.807, 2.05) is 11.0 Å². The lowest BCUT2D eigenvalue weighted by atomic mass is 9.73. The number of pyridine rings is 1. The molecule has 1 atom stereocenters. The highest BCUT2D eigenvalue weighted by atomic mass is 32.1. The highest BCUT2D eigenvalue weighted by Gasteiger charge is 2.44. The van der Waals surface area contributed by atoms with Gasteiger partial charge in [0.15, 0.2) is 0 Å². The van der Waals surface area contributed by atoms with Gasteiger partial charge in [0, 0.05) is 50.0 Å². The van der Waals surface area contributed by atoms with Crippen molar-refractivity contribution in [2.45, 2.75) is 19.3 Å². The largest absolute Gasteiger partial charge is 0.348 e. The van der Waals surface area contributed by atoms with E-state index in [1.165, 1.54) is 10.4 Å². The molecule has 0 radical (unpaired) electrons. The molecular weight excluding hydrogens is 406 g/mol. The van der Waals surface area contributed by atoms with Crippen molar-refractivity contribution in [2.75, 3.05) is 27.2 Å². The van der Waals surface area contributed by atoms with Gasteiger partial charge in [-0.15, -0.1) is 11.3 Å². The van der Waals surface area contributed by atoms with Crippen LogP contribution in [-0.4, -0.2) is 53.8 Å². The highest BCUT2D eigenvalue weighted by Crippen LogP contribution is 2.37. The van der Waals surface area contributed by atoms with Gasteiger partial charge in [0.05, 0.1) is 5.41 Å². The average molecular weight is 434 g/mol. The predicted molar refractivity (Wildman–Crippen MR) is 124 cm³/mol. The van der Waals surface area contributed by atoms with Crippen molar-refractivity contribution in [2.24, 2.45) is 5.41 Å². The van der Waals surface area contributed by atoms with E-state index in [9.17, 15) is 9.59 Å². The normalized spacial score (nSPS) is 18.6. The Morgan fingerprint density at radius 2 is 1.94 bits per heavy atom. The van der Waals surface area contributed by atoms with Crippen LogP contribution in [0.15, 0.2) is 66.3 Å². The van der Waals surface area contributed by atoms with Gasteiger partial charge in [-0.3, -0.25) is 14.6 Å². The Labute approximate surface area is 187 Å². The van der Waals surface area contributed by atoms with E-state index in [1.54, 1.807) is 54.9 Å². The van der Waals surface area contributed by atoms with Crippen molar-refractivity contribution in [1.29, 1.82) is 0 Å². The molecule has 2 amide bonds. The van der Waals surface area contributed by atoms with Gasteiger partial charge in [-0.25, -0.2) is 0 Å². The molecule has 0 N–H and O–H groups in total. The Bertz CT molecular complexity index is 1050. The average Bonchev–Trinajstić information content (AvgIpc) is 3.34. The standard InChI is InChI=1S/C25H27N3O2S/c1-27(2)24(30)25(17-19-6-3-7-21(16-19)22-8-4-15-31-22)11-5-14-28(18-25)23(29)20-9-12-26-13-10-20/h3-4,6-10,12-13,15-16H,5,11,14,17-18H2,1-2H3/t25-/m1/s1. The zero-order chi connectivity index (χ0) is 21.8. The van der Waals surface area contributed by atoms with E-state index in [4.69, 9.17) is 0 Å². The number of rotatable bonds is 5. The number of hydrogen-bond donors (Lipinski definition) is 0. The molecule has 0 saturated carbocycles. The van der Waals surface area contributed by atoms with Gasteiger partial charge in [0.1, 0.15) is 0 Å². The van der Waals surface area contributed by atoms with E-state index >= 15 is 0 Å². The zero-order valence-corrected chi connectivity index (χ0v) is 18.8. The number of likely N-dealkylation sites (tertiary alicyclic amines) is 1. The minimum atomic E-state index is -0.626. The predicted octanol–water partition coefficient (Wildman–Crippen LogP) is 4.36. The van der Waals surface area contributed by atoms with Gasteiger partial charge in [-0.1, -0.05) is 30.3 Å². The number of piperidine rings is 1. The van der Waals surface area contributed by atoms with Crippen LogP contribution in [-0.2, 0) is 11.2 Å². The van der Waals surface area contributed by atoms with Crippen LogP contribution in [0.5, 0.6) is 0 Å². The summed E-state index contributed by atoms with van der Waals surface area (Å²) in [6.45, 7) is 1.09. The minimum absolute atomic E-state index is 0.0367. The van der Waals surface area contributed by atoms with Gasteiger partial charge < -0.3 is 9.80 Å². The molecule has 6 heteroatoms. The molecule has 0 unspecified atom stereocenters. The molecule has 1 aliphatic rings. The zero-order valence-electron chi connectivity index (χ0n) is 18.0. The van der Waals surface area contributed by atoms with Crippen LogP contribution in [0.1, 0.15) is 28.8 Å². The molecule has 1 saturated heterocycles. The van der Waals surface area contributed by atoms with E-state index in [-0.39, 0.29) is 11.8 Å². The summed E-state index contributed by atoms with van der Waals surface area (Å²) < 4.78 is 0. The van der Waals surface area contributed by atoms with E-state index in [2.05, 4.69) is 40.7 Å². The molecule has 3 heterocycles. The highest BCUT2D eigenvalue weighted by molar-refractivity contribution is 7.13. The Hall–Kier alpha value is -2.99. The van der Waals surface area contributed by atoms with Gasteiger partial charge in [-0.2, -0.15) is 0 Å². The molecule has 0 bridgehead atoms. The molecule has 31 heavy (non-hydrogen) atoms. The third-order valence-corrected chi connectivity index (χ3v) is 6.85. The molecule has 5 nitrogen and oxygen atoms in total. The van der Waals surface area contributed by atoms with E-state index < -0.39 is 5.41 Å². The maximum Gasteiger partial charge on any atom is 0.253 e. The number of carbonyl (C=O) groups excluding carboxylic acids is 2. The second-order valence-corrected chi connectivity index (χ2v) is 9.35. The first kappa shape index (κ1) is 21.2. The van der Waals surface area contributed by atoms with Crippen LogP contribution in [0.2, 0.25) is 0 Å². The summed E-state index contributed by atoms with van der Waals surface area (Å²) in [6, 6.07) is 16.1. The molecule has 0 aliphatic carbocycles. The second kappa shape index (κ2) is 9.02. The number of hydrogen-bond acceptors (Lipinski definition) is 4. The lowest BCUT2D eigenvalue weighted by molar-refractivity contribution is -0.142. The third kappa shape index (κ3) is 4.54. The third-order valence-electron chi connectivity index (χ3n) is 5.93. The van der Waals surface area contributed by atoms with Crippen molar-refractivity contribution in [3.05, 3.63) is 77.4 Å². The lowest BCUT2D eigenvalue weighted by Gasteiger charge is -2.43. The van der Waals surface area contributed by atoms with Crippen LogP contribution in [0.4, 0.5) is 0 Å². The van der Waals surface area contributed by atoms with Crippen molar-refractivity contribution in [3.8, 4) is 10.4 Å². The van der Waals surface area contributed by atoms with E-state index in [0.717, 1.165) is 18.4 Å². The lowest BCUT2D eigenvalue weighted by Crippen LogP contribution is -2.54. The van der Waals surface area contributed by atoms with Crippen molar-refractivity contribution < 1.29 is 9.59 Å². The van der Waals surface area contributed by atoms with Crippen LogP contribution >= 0.6 is 11.3 Å². The minimum Gasteiger partial charge on any atom is -0.348 e. The second-order valence-electron chi connectivity index (χ2n) is 8.40. The van der Waals surface area contributed by atoms with Crippen LogP contribution in [0.3, 0.4) is 0 Å². The number of aromatic nitrogens is 1. The molecule has 0 spiro atoms. The first-order valence-corrected chi connectivity index (χ1v) is 11.4. The maximum atomic E-state index is 13.4. The molecule has 1 aliphatic heterocycles. The number of thiophene rings is 1.